The van der Waals surface area contributed by atoms with Crippen LogP contribution in [-0.4, -0.2) is 28.9 Å². The number of nitrogens with zero attached hydrogens (tertiary/aromatic N) is 3. The third-order valence-corrected chi connectivity index (χ3v) is 4.40. The van der Waals surface area contributed by atoms with Crippen molar-refractivity contribution in [2.45, 2.75) is 13.1 Å². The van der Waals surface area contributed by atoms with E-state index in [2.05, 4.69) is 9.88 Å². The lowest BCUT2D eigenvalue weighted by Gasteiger charge is -2.30. The van der Waals surface area contributed by atoms with Gasteiger partial charge in [0.1, 0.15) is 11.5 Å². The van der Waals surface area contributed by atoms with Crippen LogP contribution in [-0.2, 0) is 13.1 Å². The van der Waals surface area contributed by atoms with Crippen molar-refractivity contribution in [3.05, 3.63) is 59.8 Å². The highest BCUT2D eigenvalue weighted by Gasteiger charge is 2.25. The van der Waals surface area contributed by atoms with Crippen LogP contribution in [0.15, 0.2) is 48.7 Å². The van der Waals surface area contributed by atoms with Crippen LogP contribution < -0.4 is 14.4 Å². The van der Waals surface area contributed by atoms with E-state index in [0.29, 0.717) is 13.1 Å². The van der Waals surface area contributed by atoms with E-state index in [0.717, 1.165) is 34.3 Å². The predicted molar refractivity (Wildman–Crippen MR) is 94.7 cm³/mol. The normalized spacial score (nSPS) is 12.5. The van der Waals surface area contributed by atoms with Gasteiger partial charge >= 0.3 is 0 Å². The van der Waals surface area contributed by atoms with Crippen molar-refractivity contribution in [2.75, 3.05) is 19.1 Å². The molecule has 0 saturated heterocycles. The maximum atomic E-state index is 9.90. The third-order valence-electron chi connectivity index (χ3n) is 4.40. The van der Waals surface area contributed by atoms with Crippen LogP contribution in [0.5, 0.6) is 17.4 Å². The van der Waals surface area contributed by atoms with Gasteiger partial charge in [-0.2, -0.15) is 4.98 Å². The van der Waals surface area contributed by atoms with Gasteiger partial charge in [-0.1, -0.05) is 12.1 Å². The molecule has 6 heteroatoms. The van der Waals surface area contributed by atoms with Crippen LogP contribution in [0, 0.1) is 0 Å². The number of aromatic nitrogens is 2. The van der Waals surface area contributed by atoms with Crippen LogP contribution in [0.2, 0.25) is 0 Å². The lowest BCUT2D eigenvalue weighted by molar-refractivity contribution is 0.414. The molecule has 0 atom stereocenters. The highest BCUT2D eigenvalue weighted by atomic mass is 16.5. The molecular weight excluding hydrogens is 318 g/mol. The summed E-state index contributed by atoms with van der Waals surface area (Å²) in [6.07, 6.45) is 1.64. The molecule has 0 radical (unpaired) electrons. The molecule has 3 aromatic rings. The van der Waals surface area contributed by atoms with Gasteiger partial charge in [-0.3, -0.25) is 4.57 Å². The van der Waals surface area contributed by atoms with Gasteiger partial charge in [0.2, 0.25) is 11.8 Å². The molecule has 1 N–H and O–H groups in total. The molecule has 128 valence electrons. The van der Waals surface area contributed by atoms with Crippen molar-refractivity contribution < 1.29 is 14.6 Å². The Morgan fingerprint density at radius 3 is 2.48 bits per heavy atom. The summed E-state index contributed by atoms with van der Waals surface area (Å²) in [6, 6.07) is 13.9. The van der Waals surface area contributed by atoms with Gasteiger partial charge in [0.15, 0.2) is 0 Å². The maximum absolute atomic E-state index is 9.90. The van der Waals surface area contributed by atoms with E-state index in [1.54, 1.807) is 20.4 Å². The number of ether oxygens (including phenoxy) is 2. The van der Waals surface area contributed by atoms with Gasteiger partial charge in [-0.15, -0.1) is 0 Å². The van der Waals surface area contributed by atoms with Crippen molar-refractivity contribution in [2.24, 2.45) is 0 Å². The predicted octanol–water partition coefficient (Wildman–Crippen LogP) is 3.12. The number of imidazole rings is 1. The minimum atomic E-state index is 0.0124. The standard InChI is InChI=1S/C19H19N3O3/c1-24-15-5-3-13(4-6-15)10-21-11-14-9-16(25-2)7-8-17(14)22-12-18(23)20-19(21)22/h3-9,12,23H,10-11H2,1-2H3. The Morgan fingerprint density at radius 2 is 1.76 bits per heavy atom. The molecule has 0 amide bonds. The maximum Gasteiger partial charge on any atom is 0.231 e. The molecule has 0 fully saturated rings. The molecule has 2 heterocycles. The van der Waals surface area contributed by atoms with E-state index < -0.39 is 0 Å². The fourth-order valence-electron chi connectivity index (χ4n) is 3.16. The number of benzene rings is 2. The van der Waals surface area contributed by atoms with Crippen molar-refractivity contribution in [3.63, 3.8) is 0 Å². The van der Waals surface area contributed by atoms with Crippen molar-refractivity contribution in [1.29, 1.82) is 0 Å². The molecule has 0 saturated carbocycles. The monoisotopic (exact) mass is 337 g/mol. The van der Waals surface area contributed by atoms with Crippen molar-refractivity contribution in [1.82, 2.24) is 9.55 Å². The molecule has 2 aromatic carbocycles. The zero-order valence-electron chi connectivity index (χ0n) is 14.1. The molecule has 1 aliphatic rings. The van der Waals surface area contributed by atoms with Crippen LogP contribution in [0.25, 0.3) is 5.69 Å². The molecule has 1 aromatic heterocycles. The Hall–Kier alpha value is -3.15. The van der Waals surface area contributed by atoms with E-state index >= 15 is 0 Å². The summed E-state index contributed by atoms with van der Waals surface area (Å²) in [5.74, 6) is 2.39. The minimum absolute atomic E-state index is 0.0124. The SMILES string of the molecule is COc1ccc(CN2Cc3cc(OC)ccc3-n3cc(O)nc32)cc1. The average molecular weight is 337 g/mol. The van der Waals surface area contributed by atoms with Gasteiger partial charge in [-0.25, -0.2) is 0 Å². The molecular formula is C19H19N3O3. The van der Waals surface area contributed by atoms with Crippen LogP contribution in [0.1, 0.15) is 11.1 Å². The van der Waals surface area contributed by atoms with Crippen molar-refractivity contribution in [3.8, 4) is 23.1 Å². The number of anilines is 1. The molecule has 25 heavy (non-hydrogen) atoms. The summed E-state index contributed by atoms with van der Waals surface area (Å²) in [6.45, 7) is 1.37. The van der Waals surface area contributed by atoms with E-state index in [1.165, 1.54) is 0 Å². The lowest BCUT2D eigenvalue weighted by atomic mass is 10.1. The Labute approximate surface area is 145 Å². The summed E-state index contributed by atoms with van der Waals surface area (Å²) in [7, 11) is 3.32. The smallest absolute Gasteiger partial charge is 0.231 e. The second kappa shape index (κ2) is 6.05. The van der Waals surface area contributed by atoms with Gasteiger partial charge < -0.3 is 19.5 Å². The van der Waals surface area contributed by atoms with E-state index in [1.807, 2.05) is 47.0 Å². The average Bonchev–Trinajstić information content (AvgIpc) is 3.04. The van der Waals surface area contributed by atoms with Gasteiger partial charge in [0.25, 0.3) is 0 Å². The first-order valence-electron chi connectivity index (χ1n) is 8.01. The number of fused-ring (bicyclic) bond motifs is 3. The number of aromatic hydroxyl groups is 1. The Balaban J connectivity index is 1.70. The van der Waals surface area contributed by atoms with Gasteiger partial charge in [0.05, 0.1) is 26.1 Å². The summed E-state index contributed by atoms with van der Waals surface area (Å²) in [5, 5.41) is 9.90. The molecule has 6 nitrogen and oxygen atoms in total. The summed E-state index contributed by atoms with van der Waals surface area (Å²) >= 11 is 0. The highest BCUT2D eigenvalue weighted by Crippen LogP contribution is 2.34. The van der Waals surface area contributed by atoms with E-state index in [4.69, 9.17) is 9.47 Å². The van der Waals surface area contributed by atoms with Gasteiger partial charge in [-0.05, 0) is 41.5 Å². The fourth-order valence-corrected chi connectivity index (χ4v) is 3.16. The van der Waals surface area contributed by atoms with E-state index in [-0.39, 0.29) is 5.88 Å². The number of hydrogen-bond acceptors (Lipinski definition) is 5. The molecule has 0 spiro atoms. The quantitative estimate of drug-likeness (QED) is 0.793. The van der Waals surface area contributed by atoms with Crippen LogP contribution >= 0.6 is 0 Å². The zero-order valence-corrected chi connectivity index (χ0v) is 14.1. The molecule has 1 aliphatic heterocycles. The van der Waals surface area contributed by atoms with E-state index in [9.17, 15) is 5.11 Å². The Morgan fingerprint density at radius 1 is 1.04 bits per heavy atom. The van der Waals surface area contributed by atoms with Crippen LogP contribution in [0.3, 0.4) is 0 Å². The lowest BCUT2D eigenvalue weighted by Crippen LogP contribution is -2.29. The third kappa shape index (κ3) is 2.76. The number of hydrogen-bond donors (Lipinski definition) is 1. The minimum Gasteiger partial charge on any atom is -0.497 e. The second-order valence-corrected chi connectivity index (χ2v) is 5.97. The first kappa shape index (κ1) is 15.4. The Kier molecular flexibility index (Phi) is 3.72. The summed E-state index contributed by atoms with van der Waals surface area (Å²) < 4.78 is 12.5. The first-order chi connectivity index (χ1) is 12.2. The zero-order chi connectivity index (χ0) is 17.4. The summed E-state index contributed by atoms with van der Waals surface area (Å²) in [4.78, 5) is 6.42. The van der Waals surface area contributed by atoms with Crippen molar-refractivity contribution >= 4 is 5.95 Å². The second-order valence-electron chi connectivity index (χ2n) is 5.97. The van der Waals surface area contributed by atoms with Crippen LogP contribution in [0.4, 0.5) is 5.95 Å². The Bertz CT molecular complexity index is 903. The largest absolute Gasteiger partial charge is 0.497 e. The topological polar surface area (TPSA) is 59.8 Å². The molecule has 0 unspecified atom stereocenters. The molecule has 0 aliphatic carbocycles. The molecule has 0 bridgehead atoms. The number of methoxy groups -OCH3 is 2. The number of rotatable bonds is 4. The summed E-state index contributed by atoms with van der Waals surface area (Å²) in [5.41, 5.74) is 3.27. The highest BCUT2D eigenvalue weighted by molar-refractivity contribution is 5.57. The molecule has 4 rings (SSSR count). The first-order valence-corrected chi connectivity index (χ1v) is 8.01. The van der Waals surface area contributed by atoms with Gasteiger partial charge in [0, 0.05) is 13.1 Å². The fraction of sp³-hybridized carbons (Fsp3) is 0.211.